The molecule has 1 unspecified atom stereocenters. The number of fused-ring (bicyclic) bond motifs is 1. The molecule has 0 bridgehead atoms. The Hall–Kier alpha value is -3.32. The molecule has 7 nitrogen and oxygen atoms in total. The molecule has 1 aromatic heterocycles. The van der Waals surface area contributed by atoms with Crippen LogP contribution in [0.25, 0.3) is 11.0 Å². The van der Waals surface area contributed by atoms with Gasteiger partial charge in [0.1, 0.15) is 11.3 Å². The van der Waals surface area contributed by atoms with Crippen LogP contribution in [0.4, 0.5) is 0 Å². The Morgan fingerprint density at radius 2 is 1.93 bits per heavy atom. The zero-order valence-corrected chi connectivity index (χ0v) is 16.8. The maximum atomic E-state index is 12.5. The minimum atomic E-state index is -1.19. The van der Waals surface area contributed by atoms with Crippen LogP contribution in [0.3, 0.4) is 0 Å². The first-order chi connectivity index (χ1) is 14.6. The summed E-state index contributed by atoms with van der Waals surface area (Å²) in [5, 5.41) is 12.6. The quantitative estimate of drug-likeness (QED) is 0.463. The predicted octanol–water partition coefficient (Wildman–Crippen LogP) is 4.01. The van der Waals surface area contributed by atoms with Crippen LogP contribution in [0.1, 0.15) is 35.9 Å². The van der Waals surface area contributed by atoms with E-state index in [0.717, 1.165) is 18.4 Å². The van der Waals surface area contributed by atoms with Crippen molar-refractivity contribution < 1.29 is 28.6 Å². The SMILES string of the molecule is CCCCOc1ccc2oc(C(=O)NC(COCc3ccccc3)C(=O)O)cc2c1. The van der Waals surface area contributed by atoms with Gasteiger partial charge in [0.15, 0.2) is 11.8 Å². The van der Waals surface area contributed by atoms with Gasteiger partial charge >= 0.3 is 5.97 Å². The molecule has 0 fully saturated rings. The Balaban J connectivity index is 1.60. The highest BCUT2D eigenvalue weighted by Crippen LogP contribution is 2.24. The smallest absolute Gasteiger partial charge is 0.328 e. The third-order valence-electron chi connectivity index (χ3n) is 4.48. The number of carbonyl (C=O) groups excluding carboxylic acids is 1. The van der Waals surface area contributed by atoms with E-state index in [4.69, 9.17) is 13.9 Å². The molecule has 0 aliphatic heterocycles. The Morgan fingerprint density at radius 1 is 1.13 bits per heavy atom. The molecule has 0 spiro atoms. The monoisotopic (exact) mass is 411 g/mol. The Labute approximate surface area is 174 Å². The van der Waals surface area contributed by atoms with Crippen molar-refractivity contribution in [2.45, 2.75) is 32.4 Å². The van der Waals surface area contributed by atoms with E-state index in [9.17, 15) is 14.7 Å². The summed E-state index contributed by atoms with van der Waals surface area (Å²) in [5.41, 5.74) is 1.44. The number of unbranched alkanes of at least 4 members (excludes halogenated alkanes) is 1. The number of carboxylic acid groups (broad SMARTS) is 1. The van der Waals surface area contributed by atoms with Gasteiger partial charge in [-0.3, -0.25) is 4.79 Å². The van der Waals surface area contributed by atoms with Crippen molar-refractivity contribution in [1.82, 2.24) is 5.32 Å². The van der Waals surface area contributed by atoms with E-state index in [0.29, 0.717) is 23.3 Å². The van der Waals surface area contributed by atoms with Gasteiger partial charge in [-0.2, -0.15) is 0 Å². The molecule has 0 saturated heterocycles. The summed E-state index contributed by atoms with van der Waals surface area (Å²) < 4.78 is 16.7. The topological polar surface area (TPSA) is 98.0 Å². The summed E-state index contributed by atoms with van der Waals surface area (Å²) in [6.45, 7) is 2.80. The number of hydrogen-bond acceptors (Lipinski definition) is 5. The second-order valence-electron chi connectivity index (χ2n) is 6.88. The number of aliphatic carboxylic acids is 1. The zero-order valence-electron chi connectivity index (χ0n) is 16.8. The lowest BCUT2D eigenvalue weighted by Crippen LogP contribution is -2.43. The molecular weight excluding hydrogens is 386 g/mol. The molecule has 1 heterocycles. The summed E-state index contributed by atoms with van der Waals surface area (Å²) in [6, 6.07) is 15.1. The number of carbonyl (C=O) groups is 2. The van der Waals surface area contributed by atoms with Gasteiger partial charge in [0.2, 0.25) is 0 Å². The van der Waals surface area contributed by atoms with Crippen LogP contribution in [0, 0.1) is 0 Å². The highest BCUT2D eigenvalue weighted by atomic mass is 16.5. The van der Waals surface area contributed by atoms with Crippen LogP contribution in [-0.2, 0) is 16.1 Å². The molecule has 1 atom stereocenters. The standard InChI is InChI=1S/C23H25NO6/c1-2-3-11-29-18-9-10-20-17(12-18)13-21(30-20)22(25)24-19(23(26)27)15-28-14-16-7-5-4-6-8-16/h4-10,12-13,19H,2-3,11,14-15H2,1H3,(H,24,25)(H,26,27). The van der Waals surface area contributed by atoms with E-state index in [2.05, 4.69) is 12.2 Å². The van der Waals surface area contributed by atoms with Crippen LogP contribution in [0.5, 0.6) is 5.75 Å². The van der Waals surface area contributed by atoms with E-state index < -0.39 is 17.9 Å². The second-order valence-corrected chi connectivity index (χ2v) is 6.88. The zero-order chi connectivity index (χ0) is 21.3. The van der Waals surface area contributed by atoms with Gasteiger partial charge in [-0.25, -0.2) is 4.79 Å². The number of hydrogen-bond donors (Lipinski definition) is 2. The molecule has 7 heteroatoms. The van der Waals surface area contributed by atoms with Gasteiger partial charge in [0.25, 0.3) is 5.91 Å². The van der Waals surface area contributed by atoms with Crippen LogP contribution in [-0.4, -0.2) is 36.2 Å². The molecular formula is C23H25NO6. The number of nitrogens with one attached hydrogen (secondary N) is 1. The van der Waals surface area contributed by atoms with Crippen molar-refractivity contribution >= 4 is 22.8 Å². The van der Waals surface area contributed by atoms with Gasteiger partial charge in [0.05, 0.1) is 19.8 Å². The minimum Gasteiger partial charge on any atom is -0.494 e. The summed E-state index contributed by atoms with van der Waals surface area (Å²) in [6.07, 6.45) is 2.00. The molecule has 0 saturated carbocycles. The molecule has 2 aromatic carbocycles. The number of carboxylic acids is 1. The molecule has 0 radical (unpaired) electrons. The molecule has 30 heavy (non-hydrogen) atoms. The first-order valence-electron chi connectivity index (χ1n) is 9.88. The summed E-state index contributed by atoms with van der Waals surface area (Å²) in [4.78, 5) is 24.0. The molecule has 158 valence electrons. The van der Waals surface area contributed by atoms with Gasteiger partial charge in [0, 0.05) is 5.39 Å². The fraction of sp³-hybridized carbons (Fsp3) is 0.304. The number of benzene rings is 2. The third kappa shape index (κ3) is 5.84. The highest BCUT2D eigenvalue weighted by Gasteiger charge is 2.23. The van der Waals surface area contributed by atoms with Crippen LogP contribution in [0.2, 0.25) is 0 Å². The van der Waals surface area contributed by atoms with E-state index in [1.54, 1.807) is 24.3 Å². The van der Waals surface area contributed by atoms with Crippen LogP contribution in [0.15, 0.2) is 59.0 Å². The maximum Gasteiger partial charge on any atom is 0.328 e. The van der Waals surface area contributed by atoms with Crippen molar-refractivity contribution in [3.8, 4) is 5.75 Å². The van der Waals surface area contributed by atoms with Crippen molar-refractivity contribution in [1.29, 1.82) is 0 Å². The number of rotatable bonds is 11. The summed E-state index contributed by atoms with van der Waals surface area (Å²) in [7, 11) is 0. The van der Waals surface area contributed by atoms with Crippen molar-refractivity contribution in [2.75, 3.05) is 13.2 Å². The molecule has 3 aromatic rings. The fourth-order valence-electron chi connectivity index (χ4n) is 2.83. The van der Waals surface area contributed by atoms with Gasteiger partial charge in [-0.1, -0.05) is 43.7 Å². The fourth-order valence-corrected chi connectivity index (χ4v) is 2.83. The van der Waals surface area contributed by atoms with E-state index in [-0.39, 0.29) is 19.0 Å². The maximum absolute atomic E-state index is 12.5. The van der Waals surface area contributed by atoms with E-state index >= 15 is 0 Å². The molecule has 0 aliphatic rings. The first-order valence-corrected chi connectivity index (χ1v) is 9.88. The van der Waals surface area contributed by atoms with Crippen LogP contribution >= 0.6 is 0 Å². The number of furan rings is 1. The summed E-state index contributed by atoms with van der Waals surface area (Å²) in [5.74, 6) is -1.07. The van der Waals surface area contributed by atoms with Crippen molar-refractivity contribution in [3.63, 3.8) is 0 Å². The lowest BCUT2D eigenvalue weighted by molar-refractivity contribution is -0.141. The van der Waals surface area contributed by atoms with Crippen molar-refractivity contribution in [3.05, 3.63) is 65.9 Å². The summed E-state index contributed by atoms with van der Waals surface area (Å²) >= 11 is 0. The molecule has 3 rings (SSSR count). The lowest BCUT2D eigenvalue weighted by Gasteiger charge is -2.14. The minimum absolute atomic E-state index is 0.0324. The van der Waals surface area contributed by atoms with E-state index in [1.807, 2.05) is 30.3 Å². The predicted molar refractivity (Wildman–Crippen MR) is 112 cm³/mol. The average molecular weight is 411 g/mol. The average Bonchev–Trinajstić information content (AvgIpc) is 3.17. The number of amides is 1. The lowest BCUT2D eigenvalue weighted by atomic mass is 10.2. The Bertz CT molecular complexity index is 982. The van der Waals surface area contributed by atoms with Crippen LogP contribution < -0.4 is 10.1 Å². The van der Waals surface area contributed by atoms with E-state index in [1.165, 1.54) is 0 Å². The molecule has 0 aliphatic carbocycles. The highest BCUT2D eigenvalue weighted by molar-refractivity contribution is 5.98. The Morgan fingerprint density at radius 3 is 2.67 bits per heavy atom. The molecule has 1 amide bonds. The number of ether oxygens (including phenoxy) is 2. The van der Waals surface area contributed by atoms with Crippen molar-refractivity contribution in [2.24, 2.45) is 0 Å². The second kappa shape index (κ2) is 10.5. The van der Waals surface area contributed by atoms with Gasteiger partial charge in [-0.05, 0) is 36.2 Å². The van der Waals surface area contributed by atoms with Gasteiger partial charge in [-0.15, -0.1) is 0 Å². The largest absolute Gasteiger partial charge is 0.494 e. The van der Waals surface area contributed by atoms with Gasteiger partial charge < -0.3 is 24.3 Å². The normalized spacial score (nSPS) is 11.9. The molecule has 2 N–H and O–H groups in total. The Kier molecular flexibility index (Phi) is 7.45. The third-order valence-corrected chi connectivity index (χ3v) is 4.48. The first kappa shape index (κ1) is 21.4.